The lowest BCUT2D eigenvalue weighted by Gasteiger charge is -2.12. The predicted octanol–water partition coefficient (Wildman–Crippen LogP) is 6.15. The van der Waals surface area contributed by atoms with Gasteiger partial charge in [0.25, 0.3) is 11.6 Å². The maximum Gasteiger partial charge on any atom is 0.270 e. The monoisotopic (exact) mass is 510 g/mol. The largest absolute Gasteiger partial charge is 0.321 e. The van der Waals surface area contributed by atoms with Crippen molar-refractivity contribution >= 4 is 62.8 Å². The summed E-state index contributed by atoms with van der Waals surface area (Å²) in [6.45, 7) is 1.78. The maximum atomic E-state index is 12.7. The van der Waals surface area contributed by atoms with Crippen LogP contribution in [0.3, 0.4) is 0 Å². The van der Waals surface area contributed by atoms with E-state index in [0.29, 0.717) is 27.0 Å². The average molecular weight is 511 g/mol. The molecule has 0 aliphatic rings. The fraction of sp³-hybridized carbons (Fsp3) is 0.0870. The molecular weight excluding hydrogens is 492 g/mol. The summed E-state index contributed by atoms with van der Waals surface area (Å²) >= 11 is 3.98. The Kier molecular flexibility index (Phi) is 7.36. The molecule has 2 N–H and O–H groups in total. The number of anilines is 2. The summed E-state index contributed by atoms with van der Waals surface area (Å²) in [7, 11) is 0. The van der Waals surface area contributed by atoms with Crippen LogP contribution in [-0.2, 0) is 4.79 Å². The van der Waals surface area contributed by atoms with Crippen LogP contribution >= 0.6 is 34.4 Å². The van der Waals surface area contributed by atoms with Crippen molar-refractivity contribution in [3.8, 4) is 11.3 Å². The van der Waals surface area contributed by atoms with E-state index in [9.17, 15) is 19.7 Å². The highest BCUT2D eigenvalue weighted by atomic mass is 32.2. The third-order valence-corrected chi connectivity index (χ3v) is 7.33. The number of nitrogens with one attached hydrogen (secondary N) is 2. The zero-order valence-electron chi connectivity index (χ0n) is 17.8. The number of carbonyl (C=O) groups is 2. The fourth-order valence-corrected chi connectivity index (χ4v) is 5.22. The number of rotatable bonds is 8. The molecule has 0 bridgehead atoms. The first-order valence-corrected chi connectivity index (χ1v) is 12.7. The van der Waals surface area contributed by atoms with Gasteiger partial charge in [-0.3, -0.25) is 19.7 Å². The molecule has 4 rings (SSSR count). The summed E-state index contributed by atoms with van der Waals surface area (Å²) in [5, 5.41) is 20.2. The lowest BCUT2D eigenvalue weighted by atomic mass is 10.1. The Morgan fingerprint density at radius 2 is 1.88 bits per heavy atom. The summed E-state index contributed by atoms with van der Waals surface area (Å²) in [5.74, 6) is -0.399. The second-order valence-electron chi connectivity index (χ2n) is 7.05. The molecule has 34 heavy (non-hydrogen) atoms. The third kappa shape index (κ3) is 5.87. The minimum Gasteiger partial charge on any atom is -0.321 e. The number of thiophene rings is 1. The van der Waals surface area contributed by atoms with Gasteiger partial charge >= 0.3 is 0 Å². The predicted molar refractivity (Wildman–Crippen MR) is 137 cm³/mol. The van der Waals surface area contributed by atoms with Crippen LogP contribution in [-0.4, -0.2) is 27.0 Å². The minimum atomic E-state index is -0.458. The number of thiazole rings is 1. The molecule has 2 heterocycles. The van der Waals surface area contributed by atoms with Crippen LogP contribution < -0.4 is 10.6 Å². The summed E-state index contributed by atoms with van der Waals surface area (Å²) < 4.78 is 0. The number of nitro groups is 1. The van der Waals surface area contributed by atoms with E-state index in [2.05, 4.69) is 15.6 Å². The standard InChI is InChI=1S/C23H18N4O4S3/c1-14(34-18-8-3-6-16(12-18)24-22(29)20-9-4-10-32-20)21(28)26-23-25-19(13-33-23)15-5-2-7-17(11-15)27(30)31/h2-14H,1H3,(H,24,29)(H,25,26,28). The van der Waals surface area contributed by atoms with Crippen LogP contribution in [0.25, 0.3) is 11.3 Å². The highest BCUT2D eigenvalue weighted by molar-refractivity contribution is 8.00. The first kappa shape index (κ1) is 23.6. The zero-order chi connectivity index (χ0) is 24.1. The van der Waals surface area contributed by atoms with E-state index in [0.717, 1.165) is 4.90 Å². The minimum absolute atomic E-state index is 0.0186. The van der Waals surface area contributed by atoms with Crippen LogP contribution in [0.1, 0.15) is 16.6 Å². The van der Waals surface area contributed by atoms with Gasteiger partial charge in [-0.2, -0.15) is 0 Å². The number of thioether (sulfide) groups is 1. The van der Waals surface area contributed by atoms with E-state index in [-0.39, 0.29) is 17.5 Å². The van der Waals surface area contributed by atoms with Crippen molar-refractivity contribution in [1.82, 2.24) is 4.98 Å². The molecule has 2 amide bonds. The molecule has 8 nitrogen and oxygen atoms in total. The summed E-state index contributed by atoms with van der Waals surface area (Å²) in [4.78, 5) is 41.4. The lowest BCUT2D eigenvalue weighted by Crippen LogP contribution is -2.22. The molecule has 172 valence electrons. The molecule has 0 aliphatic heterocycles. The van der Waals surface area contributed by atoms with Crippen molar-refractivity contribution in [3.05, 3.63) is 86.4 Å². The van der Waals surface area contributed by atoms with E-state index in [1.165, 1.54) is 46.6 Å². The third-order valence-electron chi connectivity index (χ3n) is 4.61. The van der Waals surface area contributed by atoms with Gasteiger partial charge in [0.05, 0.1) is 20.7 Å². The number of benzene rings is 2. The van der Waals surface area contributed by atoms with Crippen molar-refractivity contribution in [1.29, 1.82) is 0 Å². The quantitative estimate of drug-likeness (QED) is 0.167. The van der Waals surface area contributed by atoms with E-state index >= 15 is 0 Å². The molecule has 1 unspecified atom stereocenters. The molecule has 2 aromatic heterocycles. The van der Waals surface area contributed by atoms with Gasteiger partial charge in [0.15, 0.2) is 5.13 Å². The Bertz CT molecular complexity index is 1340. The number of hydrogen-bond donors (Lipinski definition) is 2. The van der Waals surface area contributed by atoms with Crippen molar-refractivity contribution in [2.24, 2.45) is 0 Å². The molecular formula is C23H18N4O4S3. The number of aromatic nitrogens is 1. The highest BCUT2D eigenvalue weighted by Crippen LogP contribution is 2.30. The lowest BCUT2D eigenvalue weighted by molar-refractivity contribution is -0.384. The van der Waals surface area contributed by atoms with E-state index in [1.807, 2.05) is 29.6 Å². The number of carbonyl (C=O) groups excluding carboxylic acids is 2. The van der Waals surface area contributed by atoms with Gasteiger partial charge in [-0.1, -0.05) is 24.3 Å². The smallest absolute Gasteiger partial charge is 0.270 e. The van der Waals surface area contributed by atoms with Gasteiger partial charge in [-0.05, 0) is 36.6 Å². The number of nitro benzene ring substituents is 1. The van der Waals surface area contributed by atoms with Crippen LogP contribution in [0.4, 0.5) is 16.5 Å². The maximum absolute atomic E-state index is 12.7. The average Bonchev–Trinajstić information content (AvgIpc) is 3.52. The Morgan fingerprint density at radius 1 is 1.06 bits per heavy atom. The number of hydrogen-bond acceptors (Lipinski definition) is 8. The normalized spacial score (nSPS) is 11.6. The molecule has 0 saturated carbocycles. The summed E-state index contributed by atoms with van der Waals surface area (Å²) in [6, 6.07) is 17.1. The Balaban J connectivity index is 1.37. The molecule has 11 heteroatoms. The first-order chi connectivity index (χ1) is 16.4. The van der Waals surface area contributed by atoms with Crippen LogP contribution in [0.2, 0.25) is 0 Å². The second-order valence-corrected chi connectivity index (χ2v) is 10.3. The summed E-state index contributed by atoms with van der Waals surface area (Å²) in [5.41, 5.74) is 1.79. The van der Waals surface area contributed by atoms with E-state index in [4.69, 9.17) is 0 Å². The Hall–Kier alpha value is -3.54. The molecule has 0 saturated heterocycles. The fourth-order valence-electron chi connectivity index (χ4n) is 2.95. The van der Waals surface area contributed by atoms with Gasteiger partial charge in [-0.25, -0.2) is 4.98 Å². The first-order valence-electron chi connectivity index (χ1n) is 10.0. The number of nitrogens with zero attached hydrogens (tertiary/aromatic N) is 2. The van der Waals surface area contributed by atoms with Crippen molar-refractivity contribution in [2.45, 2.75) is 17.1 Å². The number of amides is 2. The number of non-ortho nitro benzene ring substituents is 1. The van der Waals surface area contributed by atoms with Gasteiger partial charge in [0.1, 0.15) is 0 Å². The van der Waals surface area contributed by atoms with Crippen LogP contribution in [0, 0.1) is 10.1 Å². The molecule has 0 aliphatic carbocycles. The molecule has 1 atom stereocenters. The zero-order valence-corrected chi connectivity index (χ0v) is 20.2. The molecule has 0 fully saturated rings. The molecule has 0 radical (unpaired) electrons. The highest BCUT2D eigenvalue weighted by Gasteiger charge is 2.17. The Morgan fingerprint density at radius 3 is 2.65 bits per heavy atom. The van der Waals surface area contributed by atoms with Crippen LogP contribution in [0.15, 0.2) is 76.3 Å². The van der Waals surface area contributed by atoms with Gasteiger partial charge in [-0.15, -0.1) is 34.4 Å². The molecule has 4 aromatic rings. The summed E-state index contributed by atoms with van der Waals surface area (Å²) in [6.07, 6.45) is 0. The van der Waals surface area contributed by atoms with Crippen LogP contribution in [0.5, 0.6) is 0 Å². The van der Waals surface area contributed by atoms with E-state index < -0.39 is 10.2 Å². The van der Waals surface area contributed by atoms with Crippen molar-refractivity contribution in [2.75, 3.05) is 10.6 Å². The topological polar surface area (TPSA) is 114 Å². The molecule has 0 spiro atoms. The molecule has 2 aromatic carbocycles. The second kappa shape index (κ2) is 10.6. The Labute approximate surface area is 207 Å². The SMILES string of the molecule is CC(Sc1cccc(NC(=O)c2cccs2)c1)C(=O)Nc1nc(-c2cccc([N+](=O)[O-])c2)cs1. The van der Waals surface area contributed by atoms with Gasteiger partial charge < -0.3 is 10.6 Å². The van der Waals surface area contributed by atoms with E-state index in [1.54, 1.807) is 36.6 Å². The van der Waals surface area contributed by atoms with Crippen molar-refractivity contribution in [3.63, 3.8) is 0 Å². The van der Waals surface area contributed by atoms with Gasteiger partial charge in [0.2, 0.25) is 5.91 Å². The van der Waals surface area contributed by atoms with Gasteiger partial charge in [0, 0.05) is 33.7 Å². The van der Waals surface area contributed by atoms with Crippen molar-refractivity contribution < 1.29 is 14.5 Å².